The van der Waals surface area contributed by atoms with E-state index in [2.05, 4.69) is 4.98 Å². The van der Waals surface area contributed by atoms with Crippen LogP contribution < -0.4 is 5.73 Å². The number of halogens is 3. The van der Waals surface area contributed by atoms with Crippen LogP contribution in [0.5, 0.6) is 0 Å². The van der Waals surface area contributed by atoms with Gasteiger partial charge in [-0.15, -0.1) is 0 Å². The summed E-state index contributed by atoms with van der Waals surface area (Å²) in [5.74, 6) is -0.604. The van der Waals surface area contributed by atoms with Crippen molar-refractivity contribution in [2.45, 2.75) is 31.9 Å². The van der Waals surface area contributed by atoms with E-state index in [1.54, 1.807) is 6.92 Å². The van der Waals surface area contributed by atoms with E-state index in [9.17, 15) is 18.0 Å². The van der Waals surface area contributed by atoms with Crippen LogP contribution in [0.4, 0.5) is 13.2 Å². The highest BCUT2D eigenvalue weighted by Gasteiger charge is 2.36. The minimum Gasteiger partial charge on any atom is -0.366 e. The van der Waals surface area contributed by atoms with Crippen molar-refractivity contribution in [1.82, 2.24) is 4.98 Å². The summed E-state index contributed by atoms with van der Waals surface area (Å²) in [6.07, 6.45) is -2.59. The van der Waals surface area contributed by atoms with Gasteiger partial charge < -0.3 is 5.73 Å². The van der Waals surface area contributed by atoms with Crippen molar-refractivity contribution in [1.29, 1.82) is 0 Å². The zero-order valence-electron chi connectivity index (χ0n) is 9.79. The SMILES string of the molecule is C[C@H](c1nc(C(F)(F)F)ccc1C(N)=O)C1CC1. The Bertz CT molecular complexity index is 481. The van der Waals surface area contributed by atoms with Crippen LogP contribution in [0.3, 0.4) is 0 Å². The first-order valence-electron chi connectivity index (χ1n) is 5.68. The van der Waals surface area contributed by atoms with Crippen molar-refractivity contribution in [3.8, 4) is 0 Å². The fourth-order valence-electron chi connectivity index (χ4n) is 2.01. The van der Waals surface area contributed by atoms with Crippen LogP contribution in [0, 0.1) is 5.92 Å². The molecule has 1 amide bonds. The van der Waals surface area contributed by atoms with Gasteiger partial charge in [-0.1, -0.05) is 6.92 Å². The predicted octanol–water partition coefficient (Wildman–Crippen LogP) is 2.71. The molecular weight excluding hydrogens is 245 g/mol. The van der Waals surface area contributed by atoms with Gasteiger partial charge in [-0.2, -0.15) is 13.2 Å². The number of rotatable bonds is 3. The van der Waals surface area contributed by atoms with Gasteiger partial charge in [0.05, 0.1) is 11.3 Å². The largest absolute Gasteiger partial charge is 0.433 e. The normalized spacial score (nSPS) is 17.6. The molecule has 0 aliphatic heterocycles. The third kappa shape index (κ3) is 2.47. The molecule has 98 valence electrons. The predicted molar refractivity (Wildman–Crippen MR) is 58.9 cm³/mol. The molecule has 0 unspecified atom stereocenters. The minimum absolute atomic E-state index is 0.0856. The molecule has 1 aliphatic rings. The molecule has 1 heterocycles. The number of hydrogen-bond donors (Lipinski definition) is 1. The van der Waals surface area contributed by atoms with Gasteiger partial charge in [-0.25, -0.2) is 4.98 Å². The molecule has 0 aromatic carbocycles. The molecule has 0 spiro atoms. The maximum Gasteiger partial charge on any atom is 0.433 e. The quantitative estimate of drug-likeness (QED) is 0.906. The zero-order chi connectivity index (χ0) is 13.5. The molecule has 0 radical (unpaired) electrons. The van der Waals surface area contributed by atoms with E-state index < -0.39 is 17.8 Å². The van der Waals surface area contributed by atoms with E-state index >= 15 is 0 Å². The molecule has 0 saturated heterocycles. The van der Waals surface area contributed by atoms with E-state index in [-0.39, 0.29) is 17.2 Å². The van der Waals surface area contributed by atoms with Crippen LogP contribution in [0.25, 0.3) is 0 Å². The van der Waals surface area contributed by atoms with Gasteiger partial charge in [0.2, 0.25) is 0 Å². The van der Waals surface area contributed by atoms with Crippen LogP contribution >= 0.6 is 0 Å². The Morgan fingerprint density at radius 1 is 1.44 bits per heavy atom. The summed E-state index contributed by atoms with van der Waals surface area (Å²) in [6.45, 7) is 1.78. The monoisotopic (exact) mass is 258 g/mol. The molecule has 1 aromatic heterocycles. The van der Waals surface area contributed by atoms with E-state index in [4.69, 9.17) is 5.73 Å². The lowest BCUT2D eigenvalue weighted by Crippen LogP contribution is -2.19. The summed E-state index contributed by atoms with van der Waals surface area (Å²) in [7, 11) is 0. The maximum absolute atomic E-state index is 12.6. The van der Waals surface area contributed by atoms with Gasteiger partial charge in [0, 0.05) is 5.92 Å². The number of alkyl halides is 3. The lowest BCUT2D eigenvalue weighted by molar-refractivity contribution is -0.141. The van der Waals surface area contributed by atoms with Crippen molar-refractivity contribution in [2.75, 3.05) is 0 Å². The van der Waals surface area contributed by atoms with Gasteiger partial charge >= 0.3 is 6.18 Å². The average molecular weight is 258 g/mol. The summed E-state index contributed by atoms with van der Waals surface area (Å²) < 4.78 is 37.8. The molecule has 1 fully saturated rings. The number of carbonyl (C=O) groups is 1. The van der Waals surface area contributed by atoms with Crippen molar-refractivity contribution >= 4 is 5.91 Å². The fourth-order valence-corrected chi connectivity index (χ4v) is 2.01. The van der Waals surface area contributed by atoms with Crippen LogP contribution in [0.15, 0.2) is 12.1 Å². The van der Waals surface area contributed by atoms with E-state index in [1.807, 2.05) is 0 Å². The molecular formula is C12H13F3N2O. The lowest BCUT2D eigenvalue weighted by atomic mass is 9.96. The highest BCUT2D eigenvalue weighted by atomic mass is 19.4. The fraction of sp³-hybridized carbons (Fsp3) is 0.500. The number of nitrogens with zero attached hydrogens (tertiary/aromatic N) is 1. The standard InChI is InChI=1S/C12H13F3N2O/c1-6(7-2-3-7)10-8(11(16)18)4-5-9(17-10)12(13,14)15/h4-7H,2-3H2,1H3,(H2,16,18)/t6-/m0/s1. The van der Waals surface area contributed by atoms with E-state index in [0.29, 0.717) is 5.92 Å². The Labute approximate surface area is 102 Å². The number of hydrogen-bond acceptors (Lipinski definition) is 2. The molecule has 1 atom stereocenters. The van der Waals surface area contributed by atoms with Gasteiger partial charge in [0.25, 0.3) is 5.91 Å². The summed E-state index contributed by atoms with van der Waals surface area (Å²) in [4.78, 5) is 14.8. The Morgan fingerprint density at radius 3 is 2.50 bits per heavy atom. The molecule has 3 nitrogen and oxygen atoms in total. The molecule has 2 rings (SSSR count). The first-order valence-corrected chi connectivity index (χ1v) is 5.68. The van der Waals surface area contributed by atoms with E-state index in [0.717, 1.165) is 25.0 Å². The zero-order valence-corrected chi connectivity index (χ0v) is 9.79. The molecule has 18 heavy (non-hydrogen) atoms. The number of pyridine rings is 1. The molecule has 2 N–H and O–H groups in total. The Kier molecular flexibility index (Phi) is 3.04. The highest BCUT2D eigenvalue weighted by molar-refractivity contribution is 5.94. The third-order valence-electron chi connectivity index (χ3n) is 3.24. The second kappa shape index (κ2) is 4.26. The molecule has 1 aromatic rings. The Balaban J connectivity index is 2.47. The number of amides is 1. The second-order valence-electron chi connectivity index (χ2n) is 4.62. The van der Waals surface area contributed by atoms with Crippen molar-refractivity contribution < 1.29 is 18.0 Å². The van der Waals surface area contributed by atoms with Gasteiger partial charge in [0.1, 0.15) is 5.69 Å². The van der Waals surface area contributed by atoms with Crippen LogP contribution in [-0.4, -0.2) is 10.9 Å². The average Bonchev–Trinajstić information content (AvgIpc) is 3.09. The minimum atomic E-state index is -4.51. The lowest BCUT2D eigenvalue weighted by Gasteiger charge is -2.15. The van der Waals surface area contributed by atoms with Gasteiger partial charge in [-0.05, 0) is 30.9 Å². The van der Waals surface area contributed by atoms with Crippen molar-refractivity contribution in [2.24, 2.45) is 11.7 Å². The number of carbonyl (C=O) groups excluding carboxylic acids is 1. The number of nitrogens with two attached hydrogens (primary N) is 1. The first kappa shape index (κ1) is 12.9. The molecule has 1 aliphatic carbocycles. The molecule has 6 heteroatoms. The van der Waals surface area contributed by atoms with Crippen LogP contribution in [-0.2, 0) is 6.18 Å². The topological polar surface area (TPSA) is 56.0 Å². The summed E-state index contributed by atoms with van der Waals surface area (Å²) in [6, 6.07) is 1.91. The maximum atomic E-state index is 12.6. The van der Waals surface area contributed by atoms with Crippen molar-refractivity contribution in [3.63, 3.8) is 0 Å². The van der Waals surface area contributed by atoms with Crippen LogP contribution in [0.1, 0.15) is 47.4 Å². The number of primary amides is 1. The van der Waals surface area contributed by atoms with E-state index in [1.165, 1.54) is 0 Å². The van der Waals surface area contributed by atoms with Crippen molar-refractivity contribution in [3.05, 3.63) is 29.1 Å². The third-order valence-corrected chi connectivity index (χ3v) is 3.24. The number of aromatic nitrogens is 1. The molecule has 0 bridgehead atoms. The smallest absolute Gasteiger partial charge is 0.366 e. The van der Waals surface area contributed by atoms with Crippen LogP contribution in [0.2, 0.25) is 0 Å². The molecule has 1 saturated carbocycles. The van der Waals surface area contributed by atoms with Gasteiger partial charge in [0.15, 0.2) is 0 Å². The highest BCUT2D eigenvalue weighted by Crippen LogP contribution is 2.43. The van der Waals surface area contributed by atoms with Gasteiger partial charge in [-0.3, -0.25) is 4.79 Å². The first-order chi connectivity index (χ1) is 8.30. The Hall–Kier alpha value is -1.59. The second-order valence-corrected chi connectivity index (χ2v) is 4.62. The summed E-state index contributed by atoms with van der Waals surface area (Å²) in [5.41, 5.74) is 4.45. The summed E-state index contributed by atoms with van der Waals surface area (Å²) in [5, 5.41) is 0. The Morgan fingerprint density at radius 2 is 2.06 bits per heavy atom. The summed E-state index contributed by atoms with van der Waals surface area (Å²) >= 11 is 0.